The Morgan fingerprint density at radius 2 is 1.71 bits per heavy atom. The van der Waals surface area contributed by atoms with E-state index in [0.717, 1.165) is 22.4 Å². The summed E-state index contributed by atoms with van der Waals surface area (Å²) in [7, 11) is 1.59. The molecule has 0 saturated heterocycles. The summed E-state index contributed by atoms with van der Waals surface area (Å²) in [6, 6.07) is 20.3. The zero-order valence-electron chi connectivity index (χ0n) is 17.4. The van der Waals surface area contributed by atoms with Gasteiger partial charge in [-0.05, 0) is 79.6 Å². The molecule has 156 valence electrons. The topological polar surface area (TPSA) is 69.0 Å². The van der Waals surface area contributed by atoms with Crippen LogP contribution in [0, 0.1) is 13.8 Å². The number of halogens is 1. The van der Waals surface area contributed by atoms with Gasteiger partial charge in [0.1, 0.15) is 5.75 Å². The summed E-state index contributed by atoms with van der Waals surface area (Å²) in [5.74, 6) is 0.941. The van der Waals surface area contributed by atoms with Gasteiger partial charge < -0.3 is 10.1 Å². The Labute approximate surface area is 185 Å². The average Bonchev–Trinajstić information content (AvgIpc) is 3.22. The average molecular weight is 433 g/mol. The second-order valence-corrected chi connectivity index (χ2v) is 7.52. The summed E-state index contributed by atoms with van der Waals surface area (Å²) in [5.41, 5.74) is 4.48. The number of hydrogen-bond acceptors (Lipinski definition) is 4. The molecular weight excluding hydrogens is 412 g/mol. The van der Waals surface area contributed by atoms with Gasteiger partial charge >= 0.3 is 0 Å². The van der Waals surface area contributed by atoms with Crippen LogP contribution in [0.1, 0.15) is 21.7 Å². The van der Waals surface area contributed by atoms with Crippen LogP contribution in [-0.4, -0.2) is 27.8 Å². The third kappa shape index (κ3) is 4.29. The Hall–Kier alpha value is -3.64. The van der Waals surface area contributed by atoms with Gasteiger partial charge in [-0.1, -0.05) is 23.7 Å². The molecule has 0 bridgehead atoms. The van der Waals surface area contributed by atoms with Crippen LogP contribution in [0.2, 0.25) is 5.02 Å². The number of nitrogens with zero attached hydrogens (tertiary/aromatic N) is 3. The van der Waals surface area contributed by atoms with Crippen LogP contribution < -0.4 is 10.1 Å². The second-order valence-electron chi connectivity index (χ2n) is 7.08. The second kappa shape index (κ2) is 8.62. The van der Waals surface area contributed by atoms with Crippen LogP contribution in [0.3, 0.4) is 0 Å². The van der Waals surface area contributed by atoms with Crippen molar-refractivity contribution in [2.75, 3.05) is 12.4 Å². The number of aromatic nitrogens is 3. The molecule has 1 N–H and O–H groups in total. The van der Waals surface area contributed by atoms with Gasteiger partial charge in [-0.15, -0.1) is 5.10 Å². The Morgan fingerprint density at radius 1 is 1.00 bits per heavy atom. The number of benzene rings is 3. The summed E-state index contributed by atoms with van der Waals surface area (Å²) >= 11 is 6.05. The van der Waals surface area contributed by atoms with Crippen LogP contribution in [0.25, 0.3) is 17.1 Å². The van der Waals surface area contributed by atoms with Crippen molar-refractivity contribution >= 4 is 23.2 Å². The lowest BCUT2D eigenvalue weighted by molar-refractivity contribution is 0.101. The number of amides is 1. The highest BCUT2D eigenvalue weighted by Crippen LogP contribution is 2.26. The van der Waals surface area contributed by atoms with Gasteiger partial charge in [-0.25, -0.2) is 9.67 Å². The molecule has 4 aromatic rings. The van der Waals surface area contributed by atoms with E-state index in [1.54, 1.807) is 48.2 Å². The van der Waals surface area contributed by atoms with Gasteiger partial charge in [-0.2, -0.15) is 0 Å². The fourth-order valence-electron chi connectivity index (χ4n) is 3.19. The predicted octanol–water partition coefficient (Wildman–Crippen LogP) is 5.47. The quantitative estimate of drug-likeness (QED) is 0.454. The van der Waals surface area contributed by atoms with Gasteiger partial charge in [0.15, 0.2) is 5.82 Å². The number of ether oxygens (including phenoxy) is 1. The summed E-state index contributed by atoms with van der Waals surface area (Å²) in [6.07, 6.45) is 0. The van der Waals surface area contributed by atoms with Crippen LogP contribution in [-0.2, 0) is 0 Å². The van der Waals surface area contributed by atoms with E-state index in [0.29, 0.717) is 22.3 Å². The zero-order chi connectivity index (χ0) is 22.0. The first-order chi connectivity index (χ1) is 15.0. The minimum atomic E-state index is -0.399. The Morgan fingerprint density at radius 3 is 2.39 bits per heavy atom. The van der Waals surface area contributed by atoms with Crippen molar-refractivity contribution in [2.45, 2.75) is 13.8 Å². The summed E-state index contributed by atoms with van der Waals surface area (Å²) < 4.78 is 6.86. The maximum atomic E-state index is 12.9. The number of rotatable bonds is 5. The molecule has 1 aromatic heterocycles. The fourth-order valence-corrected chi connectivity index (χ4v) is 3.31. The van der Waals surface area contributed by atoms with Crippen molar-refractivity contribution in [1.29, 1.82) is 0 Å². The number of nitrogens with one attached hydrogen (secondary N) is 1. The van der Waals surface area contributed by atoms with Crippen LogP contribution >= 0.6 is 11.6 Å². The van der Waals surface area contributed by atoms with Crippen molar-refractivity contribution in [3.05, 3.63) is 88.7 Å². The molecule has 7 heteroatoms. The minimum absolute atomic E-state index is 0.0710. The molecule has 6 nitrogen and oxygen atoms in total. The van der Waals surface area contributed by atoms with E-state index in [9.17, 15) is 4.79 Å². The molecule has 1 amide bonds. The van der Waals surface area contributed by atoms with Crippen molar-refractivity contribution in [3.63, 3.8) is 0 Å². The highest BCUT2D eigenvalue weighted by molar-refractivity contribution is 6.30. The lowest BCUT2D eigenvalue weighted by atomic mass is 10.1. The Balaban J connectivity index is 1.76. The van der Waals surface area contributed by atoms with Gasteiger partial charge in [-0.3, -0.25) is 4.79 Å². The van der Waals surface area contributed by atoms with E-state index in [-0.39, 0.29) is 5.82 Å². The first kappa shape index (κ1) is 20.6. The largest absolute Gasteiger partial charge is 0.497 e. The number of carbonyl (C=O) groups is 1. The summed E-state index contributed by atoms with van der Waals surface area (Å²) in [6.45, 7) is 4.06. The van der Waals surface area contributed by atoms with Gasteiger partial charge in [0.05, 0.1) is 12.8 Å². The van der Waals surface area contributed by atoms with Crippen molar-refractivity contribution in [1.82, 2.24) is 14.8 Å². The molecule has 0 fully saturated rings. The molecule has 0 unspecified atom stereocenters. The molecule has 0 atom stereocenters. The monoisotopic (exact) mass is 432 g/mol. The number of carbonyl (C=O) groups excluding carboxylic acids is 1. The standard InChI is InChI=1S/C24H21ClN4O2/c1-15-5-4-6-21(16(15)2)29-23(17-7-9-18(25)10-8-17)27-22(28-29)24(30)26-19-11-13-20(31-3)14-12-19/h4-14H,1-3H3,(H,26,30). The SMILES string of the molecule is COc1ccc(NC(=O)c2nc(-c3ccc(Cl)cc3)n(-c3cccc(C)c3C)n2)cc1. The third-order valence-corrected chi connectivity index (χ3v) is 5.32. The van der Waals surface area contributed by atoms with Gasteiger partial charge in [0.25, 0.3) is 5.91 Å². The molecule has 0 saturated carbocycles. The number of aryl methyl sites for hydroxylation is 1. The van der Waals surface area contributed by atoms with E-state index in [1.165, 1.54) is 0 Å². The van der Waals surface area contributed by atoms with Crippen LogP contribution in [0.4, 0.5) is 5.69 Å². The smallest absolute Gasteiger partial charge is 0.295 e. The molecule has 4 rings (SSSR count). The number of hydrogen-bond donors (Lipinski definition) is 1. The first-order valence-electron chi connectivity index (χ1n) is 9.71. The molecule has 0 spiro atoms. The third-order valence-electron chi connectivity index (χ3n) is 5.06. The van der Waals surface area contributed by atoms with Crippen LogP contribution in [0.15, 0.2) is 66.7 Å². The molecule has 0 aliphatic heterocycles. The zero-order valence-corrected chi connectivity index (χ0v) is 18.1. The normalized spacial score (nSPS) is 10.7. The van der Waals surface area contributed by atoms with Crippen molar-refractivity contribution in [2.24, 2.45) is 0 Å². The highest BCUT2D eigenvalue weighted by atomic mass is 35.5. The molecule has 0 radical (unpaired) electrons. The molecule has 31 heavy (non-hydrogen) atoms. The lowest BCUT2D eigenvalue weighted by Crippen LogP contribution is -2.14. The van der Waals surface area contributed by atoms with Crippen molar-refractivity contribution in [3.8, 4) is 22.8 Å². The fraction of sp³-hybridized carbons (Fsp3) is 0.125. The van der Waals surface area contributed by atoms with E-state index in [1.807, 2.05) is 44.2 Å². The molecule has 3 aromatic carbocycles. The molecule has 1 heterocycles. The minimum Gasteiger partial charge on any atom is -0.497 e. The van der Waals surface area contributed by atoms with E-state index in [2.05, 4.69) is 15.4 Å². The maximum absolute atomic E-state index is 12.9. The van der Waals surface area contributed by atoms with Crippen molar-refractivity contribution < 1.29 is 9.53 Å². The summed E-state index contributed by atoms with van der Waals surface area (Å²) in [5, 5.41) is 8.01. The Kier molecular flexibility index (Phi) is 5.73. The highest BCUT2D eigenvalue weighted by Gasteiger charge is 2.20. The number of methoxy groups -OCH3 is 1. The molecule has 0 aliphatic carbocycles. The Bertz CT molecular complexity index is 1230. The van der Waals surface area contributed by atoms with E-state index in [4.69, 9.17) is 16.3 Å². The molecule has 0 aliphatic rings. The predicted molar refractivity (Wildman–Crippen MR) is 122 cm³/mol. The van der Waals surface area contributed by atoms with E-state index >= 15 is 0 Å². The van der Waals surface area contributed by atoms with Crippen LogP contribution in [0.5, 0.6) is 5.75 Å². The molecular formula is C24H21ClN4O2. The van der Waals surface area contributed by atoms with Gasteiger partial charge in [0.2, 0.25) is 5.82 Å². The maximum Gasteiger partial charge on any atom is 0.295 e. The summed E-state index contributed by atoms with van der Waals surface area (Å²) in [4.78, 5) is 17.5. The lowest BCUT2D eigenvalue weighted by Gasteiger charge is -2.11. The van der Waals surface area contributed by atoms with Gasteiger partial charge in [0, 0.05) is 16.3 Å². The first-order valence-corrected chi connectivity index (χ1v) is 10.1. The number of anilines is 1. The van der Waals surface area contributed by atoms with E-state index < -0.39 is 5.91 Å².